The zero-order chi connectivity index (χ0) is 18.6. The van der Waals surface area contributed by atoms with Gasteiger partial charge >= 0.3 is 0 Å². The SMILES string of the molecule is Cc1ccc(-c2noc(CN3CCN(Cc4ccccc4F)CC3)n2)cc1. The Hall–Kier alpha value is -2.57. The summed E-state index contributed by atoms with van der Waals surface area (Å²) < 4.78 is 19.2. The molecule has 0 unspecified atom stereocenters. The van der Waals surface area contributed by atoms with Crippen molar-refractivity contribution in [2.24, 2.45) is 0 Å². The molecule has 2 aromatic carbocycles. The summed E-state index contributed by atoms with van der Waals surface area (Å²) >= 11 is 0. The van der Waals surface area contributed by atoms with Gasteiger partial charge in [-0.3, -0.25) is 9.80 Å². The van der Waals surface area contributed by atoms with E-state index in [0.717, 1.165) is 37.3 Å². The topological polar surface area (TPSA) is 45.4 Å². The van der Waals surface area contributed by atoms with Gasteiger partial charge in [0.2, 0.25) is 11.7 Å². The summed E-state index contributed by atoms with van der Waals surface area (Å²) in [6.07, 6.45) is 0. The molecule has 0 spiro atoms. The zero-order valence-electron chi connectivity index (χ0n) is 15.4. The highest BCUT2D eigenvalue weighted by Crippen LogP contribution is 2.18. The van der Waals surface area contributed by atoms with E-state index in [2.05, 4.69) is 26.9 Å². The fourth-order valence-electron chi connectivity index (χ4n) is 3.30. The van der Waals surface area contributed by atoms with E-state index in [1.807, 2.05) is 36.4 Å². The molecular formula is C21H23FN4O. The monoisotopic (exact) mass is 366 g/mol. The third kappa shape index (κ3) is 4.40. The summed E-state index contributed by atoms with van der Waals surface area (Å²) in [7, 11) is 0. The number of hydrogen-bond acceptors (Lipinski definition) is 5. The first-order chi connectivity index (χ1) is 13.2. The van der Waals surface area contributed by atoms with Gasteiger partial charge in [0, 0.05) is 43.9 Å². The highest BCUT2D eigenvalue weighted by atomic mass is 19.1. The number of nitrogens with zero attached hydrogens (tertiary/aromatic N) is 4. The van der Waals surface area contributed by atoms with Gasteiger partial charge in [0.05, 0.1) is 6.54 Å². The fraction of sp³-hybridized carbons (Fsp3) is 0.333. The van der Waals surface area contributed by atoms with Crippen molar-refractivity contribution in [3.63, 3.8) is 0 Å². The molecule has 5 nitrogen and oxygen atoms in total. The Morgan fingerprint density at radius 2 is 1.59 bits per heavy atom. The van der Waals surface area contributed by atoms with Crippen LogP contribution in [0.25, 0.3) is 11.4 Å². The van der Waals surface area contributed by atoms with Gasteiger partial charge in [-0.1, -0.05) is 53.2 Å². The minimum absolute atomic E-state index is 0.130. The molecule has 0 amide bonds. The van der Waals surface area contributed by atoms with Crippen LogP contribution in [-0.4, -0.2) is 46.1 Å². The largest absolute Gasteiger partial charge is 0.338 e. The van der Waals surface area contributed by atoms with Crippen LogP contribution in [-0.2, 0) is 13.1 Å². The second-order valence-corrected chi connectivity index (χ2v) is 7.02. The van der Waals surface area contributed by atoms with Crippen LogP contribution in [0.5, 0.6) is 0 Å². The normalized spacial score (nSPS) is 15.9. The molecule has 0 radical (unpaired) electrons. The molecule has 1 aliphatic heterocycles. The average molecular weight is 366 g/mol. The first-order valence-electron chi connectivity index (χ1n) is 9.25. The fourth-order valence-corrected chi connectivity index (χ4v) is 3.30. The van der Waals surface area contributed by atoms with E-state index in [-0.39, 0.29) is 5.82 Å². The van der Waals surface area contributed by atoms with Gasteiger partial charge in [-0.2, -0.15) is 4.98 Å². The maximum Gasteiger partial charge on any atom is 0.241 e. The molecule has 27 heavy (non-hydrogen) atoms. The maximum absolute atomic E-state index is 13.8. The van der Waals surface area contributed by atoms with Crippen molar-refractivity contribution in [2.45, 2.75) is 20.0 Å². The Bertz CT molecular complexity index is 885. The molecule has 3 aromatic rings. The summed E-state index contributed by atoms with van der Waals surface area (Å²) in [5, 5.41) is 4.10. The molecule has 1 aromatic heterocycles. The Labute approximate surface area is 158 Å². The van der Waals surface area contributed by atoms with Crippen LogP contribution in [0.15, 0.2) is 53.1 Å². The quantitative estimate of drug-likeness (QED) is 0.692. The van der Waals surface area contributed by atoms with Gasteiger partial charge in [-0.15, -0.1) is 0 Å². The third-order valence-corrected chi connectivity index (χ3v) is 4.95. The van der Waals surface area contributed by atoms with Crippen LogP contribution >= 0.6 is 0 Å². The predicted molar refractivity (Wildman–Crippen MR) is 101 cm³/mol. The second-order valence-electron chi connectivity index (χ2n) is 7.02. The minimum Gasteiger partial charge on any atom is -0.338 e. The predicted octanol–water partition coefficient (Wildman–Crippen LogP) is 3.50. The number of rotatable bonds is 5. The molecule has 1 saturated heterocycles. The van der Waals surface area contributed by atoms with Gasteiger partial charge in [0.15, 0.2) is 0 Å². The van der Waals surface area contributed by atoms with Crippen molar-refractivity contribution in [1.29, 1.82) is 0 Å². The van der Waals surface area contributed by atoms with Crippen molar-refractivity contribution in [1.82, 2.24) is 19.9 Å². The average Bonchev–Trinajstić information content (AvgIpc) is 3.14. The molecule has 0 saturated carbocycles. The van der Waals surface area contributed by atoms with E-state index in [1.54, 1.807) is 6.07 Å². The van der Waals surface area contributed by atoms with E-state index in [4.69, 9.17) is 4.52 Å². The van der Waals surface area contributed by atoms with Crippen LogP contribution in [0.1, 0.15) is 17.0 Å². The Balaban J connectivity index is 1.31. The van der Waals surface area contributed by atoms with E-state index in [1.165, 1.54) is 11.6 Å². The number of hydrogen-bond donors (Lipinski definition) is 0. The van der Waals surface area contributed by atoms with Crippen LogP contribution in [0, 0.1) is 12.7 Å². The van der Waals surface area contributed by atoms with Crippen molar-refractivity contribution in [3.05, 3.63) is 71.4 Å². The van der Waals surface area contributed by atoms with Crippen molar-refractivity contribution in [3.8, 4) is 11.4 Å². The summed E-state index contributed by atoms with van der Waals surface area (Å²) in [5.74, 6) is 1.13. The van der Waals surface area contributed by atoms with Crippen LogP contribution in [0.4, 0.5) is 4.39 Å². The number of halogens is 1. The van der Waals surface area contributed by atoms with Crippen molar-refractivity contribution >= 4 is 0 Å². The van der Waals surface area contributed by atoms with Crippen molar-refractivity contribution in [2.75, 3.05) is 26.2 Å². The number of piperazine rings is 1. The maximum atomic E-state index is 13.8. The van der Waals surface area contributed by atoms with Gasteiger partial charge < -0.3 is 4.52 Å². The van der Waals surface area contributed by atoms with E-state index >= 15 is 0 Å². The Kier molecular flexibility index (Phi) is 5.27. The molecule has 1 fully saturated rings. The molecule has 0 N–H and O–H groups in total. The first-order valence-corrected chi connectivity index (χ1v) is 9.25. The molecule has 0 atom stereocenters. The lowest BCUT2D eigenvalue weighted by Gasteiger charge is -2.33. The Morgan fingerprint density at radius 1 is 0.926 bits per heavy atom. The molecule has 2 heterocycles. The lowest BCUT2D eigenvalue weighted by molar-refractivity contribution is 0.111. The van der Waals surface area contributed by atoms with Crippen LogP contribution in [0.3, 0.4) is 0 Å². The molecule has 6 heteroatoms. The van der Waals surface area contributed by atoms with Gasteiger partial charge in [0.1, 0.15) is 5.82 Å². The lowest BCUT2D eigenvalue weighted by atomic mass is 10.1. The summed E-state index contributed by atoms with van der Waals surface area (Å²) in [4.78, 5) is 9.09. The highest BCUT2D eigenvalue weighted by molar-refractivity contribution is 5.54. The smallest absolute Gasteiger partial charge is 0.241 e. The van der Waals surface area contributed by atoms with E-state index in [0.29, 0.717) is 24.8 Å². The molecular weight excluding hydrogens is 343 g/mol. The first kappa shape index (κ1) is 17.8. The molecule has 0 aliphatic carbocycles. The summed E-state index contributed by atoms with van der Waals surface area (Å²) in [5.41, 5.74) is 2.92. The van der Waals surface area contributed by atoms with Crippen molar-refractivity contribution < 1.29 is 8.91 Å². The summed E-state index contributed by atoms with van der Waals surface area (Å²) in [6.45, 7) is 6.94. The number of aromatic nitrogens is 2. The van der Waals surface area contributed by atoms with Gasteiger partial charge in [0.25, 0.3) is 0 Å². The number of benzene rings is 2. The number of aryl methyl sites for hydroxylation is 1. The summed E-state index contributed by atoms with van der Waals surface area (Å²) in [6, 6.07) is 15.1. The molecule has 0 bridgehead atoms. The third-order valence-electron chi connectivity index (χ3n) is 4.95. The Morgan fingerprint density at radius 3 is 2.30 bits per heavy atom. The standard InChI is InChI=1S/C21H23FN4O/c1-16-6-8-17(9-7-16)21-23-20(27-24-21)15-26-12-10-25(11-13-26)14-18-4-2-3-5-19(18)22/h2-9H,10-15H2,1H3. The molecule has 4 rings (SSSR count). The van der Waals surface area contributed by atoms with Gasteiger partial charge in [-0.25, -0.2) is 4.39 Å². The second kappa shape index (κ2) is 7.98. The minimum atomic E-state index is -0.130. The van der Waals surface area contributed by atoms with Crippen LogP contribution in [0.2, 0.25) is 0 Å². The van der Waals surface area contributed by atoms with E-state index in [9.17, 15) is 4.39 Å². The molecule has 1 aliphatic rings. The van der Waals surface area contributed by atoms with E-state index < -0.39 is 0 Å². The van der Waals surface area contributed by atoms with Gasteiger partial charge in [-0.05, 0) is 13.0 Å². The zero-order valence-corrected chi connectivity index (χ0v) is 15.4. The van der Waals surface area contributed by atoms with Crippen LogP contribution < -0.4 is 0 Å². The molecule has 140 valence electrons. The lowest BCUT2D eigenvalue weighted by Crippen LogP contribution is -2.45. The highest BCUT2D eigenvalue weighted by Gasteiger charge is 2.20.